The maximum Gasteiger partial charge on any atom is 0.0369 e. The van der Waals surface area contributed by atoms with Crippen LogP contribution in [0, 0.1) is 0 Å². The fourth-order valence-corrected chi connectivity index (χ4v) is 2.12. The Morgan fingerprint density at radius 3 is 2.58 bits per heavy atom. The summed E-state index contributed by atoms with van der Waals surface area (Å²) in [6.45, 7) is 4.34. The van der Waals surface area contributed by atoms with Gasteiger partial charge in [0.2, 0.25) is 0 Å². The van der Waals surface area contributed by atoms with E-state index in [-0.39, 0.29) is 0 Å². The Morgan fingerprint density at radius 2 is 2.08 bits per heavy atom. The van der Waals surface area contributed by atoms with Gasteiger partial charge in [0.25, 0.3) is 0 Å². The molecule has 0 aliphatic heterocycles. The molecule has 0 spiro atoms. The highest BCUT2D eigenvalue weighted by atomic mass is 79.9. The van der Waals surface area contributed by atoms with Gasteiger partial charge in [0.15, 0.2) is 0 Å². The maximum absolute atomic E-state index is 3.58. The minimum Gasteiger partial charge on any atom is -0.0842 e. The van der Waals surface area contributed by atoms with Crippen molar-refractivity contribution in [2.75, 3.05) is 0 Å². The molecule has 0 heterocycles. The molecule has 2 heteroatoms. The molecule has 0 saturated carbocycles. The summed E-state index contributed by atoms with van der Waals surface area (Å²) in [4.78, 5) is 0.445. The number of aryl methyl sites for hydroxylation is 1. The maximum atomic E-state index is 3.58. The van der Waals surface area contributed by atoms with Crippen LogP contribution in [0.2, 0.25) is 0 Å². The van der Waals surface area contributed by atoms with Gasteiger partial charge in [-0.15, -0.1) is 0 Å². The normalized spacial score (nSPS) is 13.0. The van der Waals surface area contributed by atoms with Crippen LogP contribution in [0.1, 0.15) is 29.8 Å². The predicted molar refractivity (Wildman–Crippen MR) is 60.9 cm³/mol. The Bertz CT molecular complexity index is 267. The topological polar surface area (TPSA) is 0 Å². The van der Waals surface area contributed by atoms with Crippen LogP contribution in [0.15, 0.2) is 22.7 Å². The van der Waals surface area contributed by atoms with E-state index >= 15 is 0 Å². The Labute approximate surface area is 90.6 Å². The van der Waals surface area contributed by atoms with Crippen molar-refractivity contribution in [3.8, 4) is 0 Å². The first-order chi connectivity index (χ1) is 5.65. The highest BCUT2D eigenvalue weighted by Gasteiger charge is 2.05. The minimum atomic E-state index is 0.445. The molecule has 0 aliphatic carbocycles. The van der Waals surface area contributed by atoms with Crippen LogP contribution >= 0.6 is 31.9 Å². The first kappa shape index (κ1) is 10.3. The van der Waals surface area contributed by atoms with Gasteiger partial charge in [-0.05, 0) is 36.6 Å². The number of hydrogen-bond donors (Lipinski definition) is 0. The first-order valence-corrected chi connectivity index (χ1v) is 5.78. The lowest BCUT2D eigenvalue weighted by Gasteiger charge is -2.09. The quantitative estimate of drug-likeness (QED) is 0.706. The monoisotopic (exact) mass is 290 g/mol. The number of halogens is 2. The molecule has 0 bridgehead atoms. The largest absolute Gasteiger partial charge is 0.0842 e. The van der Waals surface area contributed by atoms with Crippen molar-refractivity contribution in [1.29, 1.82) is 0 Å². The number of benzene rings is 1. The molecule has 66 valence electrons. The molecule has 0 amide bonds. The van der Waals surface area contributed by atoms with Crippen LogP contribution in [0.5, 0.6) is 0 Å². The van der Waals surface area contributed by atoms with Crippen molar-refractivity contribution in [2.24, 2.45) is 0 Å². The van der Waals surface area contributed by atoms with Crippen molar-refractivity contribution >= 4 is 31.9 Å². The van der Waals surface area contributed by atoms with Gasteiger partial charge in [0.05, 0.1) is 0 Å². The second kappa shape index (κ2) is 4.43. The zero-order chi connectivity index (χ0) is 9.14. The standard InChI is InChI=1S/C10H12Br2/c1-3-8-6-9(12)4-5-10(8)7(2)11/h4-7H,3H2,1-2H3. The lowest BCUT2D eigenvalue weighted by molar-refractivity contribution is 1.03. The lowest BCUT2D eigenvalue weighted by atomic mass is 10.0. The summed E-state index contributed by atoms with van der Waals surface area (Å²) in [5.74, 6) is 0. The second-order valence-electron chi connectivity index (χ2n) is 2.81. The summed E-state index contributed by atoms with van der Waals surface area (Å²) in [5.41, 5.74) is 2.80. The Balaban J connectivity index is 3.11. The summed E-state index contributed by atoms with van der Waals surface area (Å²) in [6, 6.07) is 6.45. The Hall–Kier alpha value is 0.180. The van der Waals surface area contributed by atoms with E-state index < -0.39 is 0 Å². The summed E-state index contributed by atoms with van der Waals surface area (Å²) >= 11 is 7.05. The van der Waals surface area contributed by atoms with Crippen molar-refractivity contribution in [2.45, 2.75) is 25.1 Å². The van der Waals surface area contributed by atoms with E-state index in [0.717, 1.165) is 10.9 Å². The van der Waals surface area contributed by atoms with Gasteiger partial charge in [-0.25, -0.2) is 0 Å². The van der Waals surface area contributed by atoms with Crippen LogP contribution in [0.25, 0.3) is 0 Å². The van der Waals surface area contributed by atoms with E-state index in [1.165, 1.54) is 11.1 Å². The third kappa shape index (κ3) is 2.33. The summed E-state index contributed by atoms with van der Waals surface area (Å²) in [7, 11) is 0. The molecule has 0 aromatic heterocycles. The zero-order valence-electron chi connectivity index (χ0n) is 7.27. The lowest BCUT2D eigenvalue weighted by Crippen LogP contribution is -1.92. The van der Waals surface area contributed by atoms with Gasteiger partial charge < -0.3 is 0 Å². The molecule has 1 aromatic rings. The predicted octanol–water partition coefficient (Wildman–Crippen LogP) is 4.47. The minimum absolute atomic E-state index is 0.445. The van der Waals surface area contributed by atoms with Crippen LogP contribution in [0.4, 0.5) is 0 Å². The number of alkyl halides is 1. The van der Waals surface area contributed by atoms with Crippen LogP contribution in [-0.2, 0) is 6.42 Å². The number of hydrogen-bond acceptors (Lipinski definition) is 0. The van der Waals surface area contributed by atoms with Crippen molar-refractivity contribution in [3.05, 3.63) is 33.8 Å². The van der Waals surface area contributed by atoms with Crippen molar-refractivity contribution < 1.29 is 0 Å². The summed E-state index contributed by atoms with van der Waals surface area (Å²) in [5, 5.41) is 0. The van der Waals surface area contributed by atoms with E-state index in [9.17, 15) is 0 Å². The smallest absolute Gasteiger partial charge is 0.0369 e. The fourth-order valence-electron chi connectivity index (χ4n) is 1.27. The van der Waals surface area contributed by atoms with Gasteiger partial charge in [-0.1, -0.05) is 44.8 Å². The van der Waals surface area contributed by atoms with E-state index in [4.69, 9.17) is 0 Å². The highest BCUT2D eigenvalue weighted by molar-refractivity contribution is 9.10. The zero-order valence-corrected chi connectivity index (χ0v) is 10.4. The van der Waals surface area contributed by atoms with Gasteiger partial charge >= 0.3 is 0 Å². The first-order valence-electron chi connectivity index (χ1n) is 4.07. The van der Waals surface area contributed by atoms with Crippen LogP contribution in [-0.4, -0.2) is 0 Å². The molecular weight excluding hydrogens is 280 g/mol. The highest BCUT2D eigenvalue weighted by Crippen LogP contribution is 2.27. The molecule has 0 nitrogen and oxygen atoms in total. The molecule has 1 atom stereocenters. The van der Waals surface area contributed by atoms with E-state index in [2.05, 4.69) is 63.9 Å². The average molecular weight is 292 g/mol. The molecule has 0 aliphatic rings. The molecule has 0 radical (unpaired) electrons. The van der Waals surface area contributed by atoms with Gasteiger partial charge in [-0.2, -0.15) is 0 Å². The SMILES string of the molecule is CCc1cc(Br)ccc1C(C)Br. The molecule has 1 rings (SSSR count). The molecule has 0 fully saturated rings. The van der Waals surface area contributed by atoms with Crippen LogP contribution in [0.3, 0.4) is 0 Å². The second-order valence-corrected chi connectivity index (χ2v) is 5.10. The van der Waals surface area contributed by atoms with Gasteiger partial charge in [-0.3, -0.25) is 0 Å². The summed E-state index contributed by atoms with van der Waals surface area (Å²) in [6.07, 6.45) is 1.09. The molecule has 1 aromatic carbocycles. The van der Waals surface area contributed by atoms with Crippen molar-refractivity contribution in [3.63, 3.8) is 0 Å². The van der Waals surface area contributed by atoms with Crippen molar-refractivity contribution in [1.82, 2.24) is 0 Å². The summed E-state index contributed by atoms with van der Waals surface area (Å²) < 4.78 is 1.16. The Morgan fingerprint density at radius 1 is 1.42 bits per heavy atom. The third-order valence-electron chi connectivity index (χ3n) is 1.91. The molecular formula is C10H12Br2. The molecule has 12 heavy (non-hydrogen) atoms. The van der Waals surface area contributed by atoms with E-state index in [1.54, 1.807) is 0 Å². The Kier molecular flexibility index (Phi) is 3.78. The van der Waals surface area contributed by atoms with E-state index in [1.807, 2.05) is 0 Å². The molecule has 0 saturated heterocycles. The molecule has 0 N–H and O–H groups in total. The van der Waals surface area contributed by atoms with Crippen LogP contribution < -0.4 is 0 Å². The fraction of sp³-hybridized carbons (Fsp3) is 0.400. The van der Waals surface area contributed by atoms with E-state index in [0.29, 0.717) is 4.83 Å². The third-order valence-corrected chi connectivity index (χ3v) is 2.90. The van der Waals surface area contributed by atoms with Gasteiger partial charge in [0.1, 0.15) is 0 Å². The number of rotatable bonds is 2. The molecule has 1 unspecified atom stereocenters. The van der Waals surface area contributed by atoms with Gasteiger partial charge in [0, 0.05) is 9.30 Å². The average Bonchev–Trinajstić information content (AvgIpc) is 2.03.